The largest absolute Gasteiger partial charge is 0.477 e. The summed E-state index contributed by atoms with van der Waals surface area (Å²) in [5.41, 5.74) is 1.00. The van der Waals surface area contributed by atoms with Crippen LogP contribution >= 0.6 is 0 Å². The summed E-state index contributed by atoms with van der Waals surface area (Å²) in [6.07, 6.45) is 10.9. The fraction of sp³-hybridized carbons (Fsp3) is 0.750. The summed E-state index contributed by atoms with van der Waals surface area (Å²) >= 11 is 0. The molecule has 1 heterocycles. The van der Waals surface area contributed by atoms with Gasteiger partial charge < -0.3 is 9.63 Å². The lowest BCUT2D eigenvalue weighted by Crippen LogP contribution is -2.06. The first-order valence-corrected chi connectivity index (χ1v) is 7.95. The number of hydrogen-bond donors (Lipinski definition) is 1. The van der Waals surface area contributed by atoms with Crippen LogP contribution in [-0.4, -0.2) is 16.2 Å². The average molecular weight is 279 g/mol. The van der Waals surface area contributed by atoms with Crippen molar-refractivity contribution in [3.8, 4) is 0 Å². The summed E-state index contributed by atoms with van der Waals surface area (Å²) in [7, 11) is 0. The van der Waals surface area contributed by atoms with Crippen molar-refractivity contribution in [3.05, 3.63) is 17.0 Å². The van der Waals surface area contributed by atoms with Crippen molar-refractivity contribution in [3.63, 3.8) is 0 Å². The highest BCUT2D eigenvalue weighted by molar-refractivity contribution is 5.90. The van der Waals surface area contributed by atoms with Crippen LogP contribution < -0.4 is 0 Å². The van der Waals surface area contributed by atoms with Crippen LogP contribution in [0.3, 0.4) is 0 Å². The van der Waals surface area contributed by atoms with E-state index in [9.17, 15) is 9.90 Å². The minimum Gasteiger partial charge on any atom is -0.477 e. The summed E-state index contributed by atoms with van der Waals surface area (Å²) in [5, 5.41) is 13.5. The topological polar surface area (TPSA) is 63.3 Å². The molecule has 0 aliphatic heterocycles. The van der Waals surface area contributed by atoms with E-state index in [1.165, 1.54) is 19.3 Å². The molecule has 1 aliphatic carbocycles. The molecule has 0 aromatic carbocycles. The van der Waals surface area contributed by atoms with Crippen LogP contribution in [0.4, 0.5) is 0 Å². The Labute approximate surface area is 120 Å². The van der Waals surface area contributed by atoms with Crippen molar-refractivity contribution in [1.82, 2.24) is 5.16 Å². The van der Waals surface area contributed by atoms with Gasteiger partial charge in [-0.15, -0.1) is 0 Å². The van der Waals surface area contributed by atoms with Gasteiger partial charge in [-0.1, -0.05) is 50.6 Å². The predicted molar refractivity (Wildman–Crippen MR) is 77.1 cm³/mol. The zero-order valence-corrected chi connectivity index (χ0v) is 12.4. The molecule has 112 valence electrons. The third-order valence-electron chi connectivity index (χ3n) is 4.25. The number of hydrogen-bond acceptors (Lipinski definition) is 3. The first-order valence-electron chi connectivity index (χ1n) is 7.95. The summed E-state index contributed by atoms with van der Waals surface area (Å²) in [5.74, 6) is 0.0118. The molecule has 0 spiro atoms. The second-order valence-electron chi connectivity index (χ2n) is 5.82. The molecule has 0 bridgehead atoms. The van der Waals surface area contributed by atoms with E-state index < -0.39 is 5.97 Å². The molecule has 0 atom stereocenters. The molecule has 0 radical (unpaired) electrons. The minimum atomic E-state index is -0.878. The van der Waals surface area contributed by atoms with Gasteiger partial charge in [-0.3, -0.25) is 0 Å². The highest BCUT2D eigenvalue weighted by Gasteiger charge is 2.29. The number of carboxylic acid groups (broad SMARTS) is 1. The van der Waals surface area contributed by atoms with Gasteiger partial charge in [-0.05, 0) is 25.7 Å². The van der Waals surface area contributed by atoms with Gasteiger partial charge in [0.15, 0.2) is 5.76 Å². The van der Waals surface area contributed by atoms with E-state index in [1.807, 2.05) is 0 Å². The number of carboxylic acids is 1. The van der Waals surface area contributed by atoms with Crippen LogP contribution in [0.5, 0.6) is 0 Å². The third-order valence-corrected chi connectivity index (χ3v) is 4.25. The lowest BCUT2D eigenvalue weighted by atomic mass is 9.98. The van der Waals surface area contributed by atoms with Gasteiger partial charge in [0.25, 0.3) is 0 Å². The zero-order chi connectivity index (χ0) is 14.4. The fourth-order valence-corrected chi connectivity index (χ4v) is 3.10. The Balaban J connectivity index is 1.99. The molecule has 0 unspecified atom stereocenters. The molecule has 4 nitrogen and oxygen atoms in total. The molecule has 1 saturated carbocycles. The normalized spacial score (nSPS) is 15.8. The molecule has 4 heteroatoms. The summed E-state index contributed by atoms with van der Waals surface area (Å²) < 4.78 is 5.39. The standard InChI is InChI=1S/C16H25NO3/c1-2-3-4-5-6-11-13-14(16(18)19)15(20-17-13)12-9-7-8-10-12/h12H,2-11H2,1H3,(H,18,19). The number of aromatic nitrogens is 1. The second kappa shape index (κ2) is 7.46. The van der Waals surface area contributed by atoms with Gasteiger partial charge in [0.1, 0.15) is 5.56 Å². The number of nitrogens with zero attached hydrogens (tertiary/aromatic N) is 1. The molecular formula is C16H25NO3. The van der Waals surface area contributed by atoms with Crippen molar-refractivity contribution in [2.45, 2.75) is 77.0 Å². The highest BCUT2D eigenvalue weighted by Crippen LogP contribution is 2.37. The highest BCUT2D eigenvalue weighted by atomic mass is 16.5. The van der Waals surface area contributed by atoms with Crippen molar-refractivity contribution in [2.75, 3.05) is 0 Å². The first-order chi connectivity index (χ1) is 9.74. The Morgan fingerprint density at radius 2 is 1.95 bits per heavy atom. The van der Waals surface area contributed by atoms with Crippen molar-refractivity contribution in [2.24, 2.45) is 0 Å². The van der Waals surface area contributed by atoms with E-state index in [0.29, 0.717) is 17.0 Å². The molecule has 0 saturated heterocycles. The van der Waals surface area contributed by atoms with Crippen LogP contribution in [0.2, 0.25) is 0 Å². The van der Waals surface area contributed by atoms with Crippen LogP contribution in [0.15, 0.2) is 4.52 Å². The molecule has 1 N–H and O–H groups in total. The van der Waals surface area contributed by atoms with Gasteiger partial charge in [0.2, 0.25) is 0 Å². The zero-order valence-electron chi connectivity index (χ0n) is 12.4. The van der Waals surface area contributed by atoms with Gasteiger partial charge in [0, 0.05) is 5.92 Å². The maximum absolute atomic E-state index is 11.5. The molecule has 0 amide bonds. The number of aryl methyl sites for hydroxylation is 1. The van der Waals surface area contributed by atoms with Crippen LogP contribution in [0, 0.1) is 0 Å². The second-order valence-corrected chi connectivity index (χ2v) is 5.82. The van der Waals surface area contributed by atoms with Crippen LogP contribution in [0.25, 0.3) is 0 Å². The number of unbranched alkanes of at least 4 members (excludes halogenated alkanes) is 4. The van der Waals surface area contributed by atoms with E-state index in [4.69, 9.17) is 4.52 Å². The molecule has 2 rings (SSSR count). The summed E-state index contributed by atoms with van der Waals surface area (Å²) in [4.78, 5) is 11.5. The SMILES string of the molecule is CCCCCCCc1noc(C2CCCC2)c1C(=O)O. The maximum atomic E-state index is 11.5. The molecule has 1 aliphatic rings. The van der Waals surface area contributed by atoms with Crippen molar-refractivity contribution in [1.29, 1.82) is 0 Å². The van der Waals surface area contributed by atoms with Gasteiger partial charge in [-0.2, -0.15) is 0 Å². The Kier molecular flexibility index (Phi) is 5.62. The maximum Gasteiger partial charge on any atom is 0.341 e. The van der Waals surface area contributed by atoms with Gasteiger partial charge in [-0.25, -0.2) is 4.79 Å². The molecule has 1 fully saturated rings. The molecule has 1 aromatic heterocycles. The summed E-state index contributed by atoms with van der Waals surface area (Å²) in [6.45, 7) is 2.19. The first kappa shape index (κ1) is 15.1. The van der Waals surface area contributed by atoms with Crippen molar-refractivity contribution >= 4 is 5.97 Å². The monoisotopic (exact) mass is 279 g/mol. The van der Waals surface area contributed by atoms with Gasteiger partial charge >= 0.3 is 5.97 Å². The van der Waals surface area contributed by atoms with E-state index in [-0.39, 0.29) is 5.92 Å². The third kappa shape index (κ3) is 3.62. The van der Waals surface area contributed by atoms with Crippen molar-refractivity contribution < 1.29 is 14.4 Å². The Bertz CT molecular complexity index is 433. The lowest BCUT2D eigenvalue weighted by Gasteiger charge is -2.05. The smallest absolute Gasteiger partial charge is 0.341 e. The molecule has 20 heavy (non-hydrogen) atoms. The molecular weight excluding hydrogens is 254 g/mol. The average Bonchev–Trinajstić information content (AvgIpc) is 3.06. The number of aromatic carboxylic acids is 1. The van der Waals surface area contributed by atoms with E-state index in [0.717, 1.165) is 44.9 Å². The fourth-order valence-electron chi connectivity index (χ4n) is 3.10. The molecule has 1 aromatic rings. The summed E-state index contributed by atoms with van der Waals surface area (Å²) in [6, 6.07) is 0. The predicted octanol–water partition coefficient (Wildman–Crippen LogP) is 4.54. The van der Waals surface area contributed by atoms with Gasteiger partial charge in [0.05, 0.1) is 5.69 Å². The van der Waals surface area contributed by atoms with Crippen LogP contribution in [0.1, 0.15) is 92.4 Å². The van der Waals surface area contributed by atoms with E-state index >= 15 is 0 Å². The number of carbonyl (C=O) groups is 1. The lowest BCUT2D eigenvalue weighted by molar-refractivity contribution is 0.0692. The minimum absolute atomic E-state index is 0.266. The van der Waals surface area contributed by atoms with E-state index in [1.54, 1.807) is 0 Å². The van der Waals surface area contributed by atoms with E-state index in [2.05, 4.69) is 12.1 Å². The Morgan fingerprint density at radius 3 is 2.60 bits per heavy atom. The Morgan fingerprint density at radius 1 is 1.25 bits per heavy atom. The Hall–Kier alpha value is -1.32. The quantitative estimate of drug-likeness (QED) is 0.709. The number of rotatable bonds is 8. The van der Waals surface area contributed by atoms with Crippen LogP contribution in [-0.2, 0) is 6.42 Å².